The summed E-state index contributed by atoms with van der Waals surface area (Å²) in [6, 6.07) is 0. The van der Waals surface area contributed by atoms with Crippen LogP contribution in [0.15, 0.2) is 0 Å². The Kier molecular flexibility index (Phi) is 33.9. The van der Waals surface area contributed by atoms with Gasteiger partial charge < -0.3 is 40.4 Å². The van der Waals surface area contributed by atoms with E-state index in [0.717, 1.165) is 121 Å². The third-order valence-corrected chi connectivity index (χ3v) is 10.9. The van der Waals surface area contributed by atoms with Crippen LogP contribution in [0.2, 0.25) is 0 Å². The SMILES string of the molecule is O=CCCCCCCCNC(=O)CCO[P+](CCC(=O)NCCCCCCC=O)(OC(=O)NCCCCCCC=O)C(=O)NCCCCCCC=O. The van der Waals surface area contributed by atoms with Crippen LogP contribution in [0.5, 0.6) is 0 Å². The molecule has 0 aromatic carbocycles. The largest absolute Gasteiger partial charge is 0.449 e. The zero-order valence-electron chi connectivity index (χ0n) is 31.3. The van der Waals surface area contributed by atoms with Crippen molar-refractivity contribution in [2.24, 2.45) is 0 Å². The molecule has 0 aliphatic rings. The van der Waals surface area contributed by atoms with Crippen molar-refractivity contribution in [2.75, 3.05) is 38.9 Å². The predicted octanol–water partition coefficient (Wildman–Crippen LogP) is 6.29. The lowest BCUT2D eigenvalue weighted by Crippen LogP contribution is -2.35. The van der Waals surface area contributed by atoms with Gasteiger partial charge in [0, 0.05) is 51.9 Å². The first-order valence-electron chi connectivity index (χ1n) is 19.4. The van der Waals surface area contributed by atoms with E-state index in [1.54, 1.807) is 0 Å². The van der Waals surface area contributed by atoms with Gasteiger partial charge in [0.05, 0.1) is 12.8 Å². The molecule has 0 aliphatic heterocycles. The van der Waals surface area contributed by atoms with Crippen LogP contribution >= 0.6 is 7.72 Å². The Hall–Kier alpha value is -3.25. The van der Waals surface area contributed by atoms with Gasteiger partial charge in [0.15, 0.2) is 0 Å². The van der Waals surface area contributed by atoms with E-state index in [0.29, 0.717) is 51.6 Å². The van der Waals surface area contributed by atoms with Gasteiger partial charge in [-0.05, 0) is 51.4 Å². The zero-order chi connectivity index (χ0) is 38.4. The Balaban J connectivity index is 5.49. The highest BCUT2D eigenvalue weighted by Gasteiger charge is 2.55. The third kappa shape index (κ3) is 29.3. The zero-order valence-corrected chi connectivity index (χ0v) is 32.2. The van der Waals surface area contributed by atoms with E-state index in [9.17, 15) is 38.4 Å². The van der Waals surface area contributed by atoms with Gasteiger partial charge >= 0.3 is 19.5 Å². The van der Waals surface area contributed by atoms with Crippen molar-refractivity contribution in [3.8, 4) is 0 Å². The summed E-state index contributed by atoms with van der Waals surface area (Å²) >= 11 is 0. The lowest BCUT2D eigenvalue weighted by molar-refractivity contribution is -0.122. The molecule has 0 bridgehead atoms. The molecule has 0 aromatic rings. The Morgan fingerprint density at radius 3 is 1.25 bits per heavy atom. The Morgan fingerprint density at radius 2 is 0.808 bits per heavy atom. The summed E-state index contributed by atoms with van der Waals surface area (Å²) < 4.78 is 11.9. The summed E-state index contributed by atoms with van der Waals surface area (Å²) in [5.41, 5.74) is -0.623. The molecule has 0 fully saturated rings. The van der Waals surface area contributed by atoms with Gasteiger partial charge in [-0.2, -0.15) is 4.52 Å². The molecule has 4 amide bonds. The predicted molar refractivity (Wildman–Crippen MR) is 202 cm³/mol. The van der Waals surface area contributed by atoms with E-state index in [4.69, 9.17) is 9.05 Å². The minimum Gasteiger partial charge on any atom is -0.356 e. The van der Waals surface area contributed by atoms with Crippen molar-refractivity contribution in [3.63, 3.8) is 0 Å². The van der Waals surface area contributed by atoms with Gasteiger partial charge in [0.25, 0.3) is 0 Å². The highest BCUT2D eigenvalue weighted by atomic mass is 31.2. The minimum absolute atomic E-state index is 0.0762. The van der Waals surface area contributed by atoms with Gasteiger partial charge in [-0.1, -0.05) is 57.8 Å². The first-order valence-corrected chi connectivity index (χ1v) is 21.2. The number of nitrogens with one attached hydrogen (secondary N) is 4. The molecule has 0 aromatic heterocycles. The molecule has 0 saturated heterocycles. The molecule has 52 heavy (non-hydrogen) atoms. The quantitative estimate of drug-likeness (QED) is 0.0315. The van der Waals surface area contributed by atoms with E-state index < -0.39 is 19.5 Å². The van der Waals surface area contributed by atoms with E-state index in [1.165, 1.54) is 0 Å². The molecule has 4 N–H and O–H groups in total. The second-order valence-corrected chi connectivity index (χ2v) is 15.4. The molecule has 0 saturated carbocycles. The monoisotopic (exact) mass is 757 g/mol. The maximum Gasteiger partial charge on any atom is 0.449 e. The van der Waals surface area contributed by atoms with Gasteiger partial charge in [-0.3, -0.25) is 9.59 Å². The fraction of sp³-hybridized carbons (Fsp3) is 0.784. The van der Waals surface area contributed by atoms with Crippen molar-refractivity contribution in [1.82, 2.24) is 21.3 Å². The fourth-order valence-corrected chi connectivity index (χ4v) is 7.42. The molecule has 15 heteroatoms. The van der Waals surface area contributed by atoms with Crippen LogP contribution in [-0.2, 0) is 37.8 Å². The summed E-state index contributed by atoms with van der Waals surface area (Å²) in [5.74, 6) is -0.605. The number of aldehydes is 4. The number of amides is 4. The van der Waals surface area contributed by atoms with Gasteiger partial charge in [0.1, 0.15) is 37.9 Å². The minimum atomic E-state index is -3.74. The van der Waals surface area contributed by atoms with Crippen LogP contribution in [0, 0.1) is 0 Å². The normalized spacial score (nSPS) is 11.8. The van der Waals surface area contributed by atoms with Crippen molar-refractivity contribution >= 4 is 56.4 Å². The number of rotatable bonds is 38. The lowest BCUT2D eigenvalue weighted by Gasteiger charge is -2.22. The summed E-state index contributed by atoms with van der Waals surface area (Å²) in [4.78, 5) is 94.4. The highest BCUT2D eigenvalue weighted by Crippen LogP contribution is 2.62. The molecular formula is C37H66N4O10P+. The lowest BCUT2D eigenvalue weighted by atomic mass is 10.1. The number of unbranched alkanes of at least 4 members (excludes halogenated alkanes) is 17. The average molecular weight is 758 g/mol. The van der Waals surface area contributed by atoms with Crippen molar-refractivity contribution < 1.29 is 47.4 Å². The number of hydrogen-bond acceptors (Lipinski definition) is 10. The molecule has 1 atom stereocenters. The van der Waals surface area contributed by atoms with E-state index in [1.807, 2.05) is 0 Å². The van der Waals surface area contributed by atoms with Crippen LogP contribution in [0.4, 0.5) is 9.59 Å². The summed E-state index contributed by atoms with van der Waals surface area (Å²) in [6.07, 6.45) is 18.2. The molecule has 14 nitrogen and oxygen atoms in total. The molecule has 1 unspecified atom stereocenters. The summed E-state index contributed by atoms with van der Waals surface area (Å²) in [5, 5.41) is 11.2. The molecule has 0 rings (SSSR count). The highest BCUT2D eigenvalue weighted by molar-refractivity contribution is 7.83. The van der Waals surface area contributed by atoms with E-state index >= 15 is 0 Å². The first kappa shape index (κ1) is 48.8. The van der Waals surface area contributed by atoms with Crippen LogP contribution in [0.1, 0.15) is 148 Å². The molecule has 0 heterocycles. The first-order chi connectivity index (χ1) is 25.3. The smallest absolute Gasteiger partial charge is 0.356 e. The Labute approximate surface area is 311 Å². The van der Waals surface area contributed by atoms with Gasteiger partial charge in [-0.25, -0.2) is 14.1 Å². The maximum atomic E-state index is 13.8. The molecule has 0 aliphatic carbocycles. The van der Waals surface area contributed by atoms with Crippen LogP contribution in [-0.4, -0.2) is 87.6 Å². The average Bonchev–Trinajstić information content (AvgIpc) is 3.13. The third-order valence-electron chi connectivity index (χ3n) is 8.24. The molecule has 0 spiro atoms. The van der Waals surface area contributed by atoms with E-state index in [-0.39, 0.29) is 50.5 Å². The van der Waals surface area contributed by atoms with Crippen molar-refractivity contribution in [2.45, 2.75) is 148 Å². The van der Waals surface area contributed by atoms with Crippen molar-refractivity contribution in [3.05, 3.63) is 0 Å². The summed E-state index contributed by atoms with van der Waals surface area (Å²) in [7, 11) is -3.74. The van der Waals surface area contributed by atoms with Crippen LogP contribution < -0.4 is 21.3 Å². The molecular weight excluding hydrogens is 691 g/mol. The summed E-state index contributed by atoms with van der Waals surface area (Å²) in [6.45, 7) is 1.27. The van der Waals surface area contributed by atoms with Gasteiger partial charge in [0.2, 0.25) is 11.8 Å². The van der Waals surface area contributed by atoms with Gasteiger partial charge in [-0.15, -0.1) is 0 Å². The number of carbonyl (C=O) groups is 8. The maximum absolute atomic E-state index is 13.8. The molecule has 298 valence electrons. The number of hydrogen-bond donors (Lipinski definition) is 4. The number of carbonyl (C=O) groups excluding carboxylic acids is 8. The second kappa shape index (κ2) is 36.1. The Bertz CT molecular complexity index is 1000. The van der Waals surface area contributed by atoms with Crippen LogP contribution in [0.3, 0.4) is 0 Å². The second-order valence-electron chi connectivity index (χ2n) is 12.8. The topological polar surface area (TPSA) is 203 Å². The standard InChI is InChI=1S/C37H65N4O10P/c42-28-18-10-2-1-6-14-24-38-34(46)22-32-50-52(37(49)41-27-17-9-5-13-21-31-45,51-36(48)40-26-16-8-4-12-20-30-44)33-23-35(47)39-25-15-7-3-11-19-29-43/h28-31H,1-27,32-33H2,(H3-,38,39,40,41,46,47,48,49)/p+1. The Morgan fingerprint density at radius 1 is 0.442 bits per heavy atom. The van der Waals surface area contributed by atoms with E-state index in [2.05, 4.69) is 21.3 Å². The molecule has 0 radical (unpaired) electrons. The van der Waals surface area contributed by atoms with Crippen LogP contribution in [0.25, 0.3) is 0 Å². The fourth-order valence-electron chi connectivity index (χ4n) is 5.18. The van der Waals surface area contributed by atoms with Crippen molar-refractivity contribution in [1.29, 1.82) is 0 Å².